The molecule has 0 spiro atoms. The van der Waals surface area contributed by atoms with E-state index >= 15 is 0 Å². The van der Waals surface area contributed by atoms with Crippen LogP contribution in [-0.4, -0.2) is 0 Å². The second kappa shape index (κ2) is 5.57. The van der Waals surface area contributed by atoms with E-state index in [-0.39, 0.29) is 0 Å². The number of fused-ring (bicyclic) bond motifs is 5. The first kappa shape index (κ1) is 14.1. The van der Waals surface area contributed by atoms with Crippen LogP contribution in [0.5, 0.6) is 0 Å². The van der Waals surface area contributed by atoms with Crippen molar-refractivity contribution in [1.82, 2.24) is 0 Å². The van der Waals surface area contributed by atoms with Crippen LogP contribution in [0.15, 0.2) is 36.4 Å². The molecule has 0 saturated carbocycles. The fourth-order valence-electron chi connectivity index (χ4n) is 4.80. The van der Waals surface area contributed by atoms with Crippen molar-refractivity contribution in [2.75, 3.05) is 0 Å². The van der Waals surface area contributed by atoms with Crippen LogP contribution in [0.25, 0.3) is 11.1 Å². The lowest BCUT2D eigenvalue weighted by atomic mass is 9.71. The fraction of sp³-hybridized carbons (Fsp3) is 0.455. The van der Waals surface area contributed by atoms with Gasteiger partial charge in [0.15, 0.2) is 0 Å². The second-order valence-corrected chi connectivity index (χ2v) is 7.05. The molecule has 114 valence electrons. The first-order chi connectivity index (χ1) is 10.8. The van der Waals surface area contributed by atoms with Gasteiger partial charge in [-0.05, 0) is 83.7 Å². The summed E-state index contributed by atoms with van der Waals surface area (Å²) in [5, 5.41) is 0. The Hall–Kier alpha value is -1.56. The molecule has 2 atom stereocenters. The van der Waals surface area contributed by atoms with Crippen molar-refractivity contribution in [3.63, 3.8) is 0 Å². The largest absolute Gasteiger partial charge is 0.0648 e. The zero-order chi connectivity index (χ0) is 15.1. The third kappa shape index (κ3) is 2.04. The van der Waals surface area contributed by atoms with Crippen molar-refractivity contribution in [3.05, 3.63) is 58.7 Å². The van der Waals surface area contributed by atoms with Gasteiger partial charge in [0.05, 0.1) is 0 Å². The van der Waals surface area contributed by atoms with E-state index in [1.54, 1.807) is 22.3 Å². The molecular formula is C22H26. The van der Waals surface area contributed by atoms with E-state index in [4.69, 9.17) is 0 Å². The van der Waals surface area contributed by atoms with Crippen LogP contribution in [0.1, 0.15) is 73.6 Å². The van der Waals surface area contributed by atoms with Gasteiger partial charge in [-0.15, -0.1) is 0 Å². The molecule has 0 aromatic heterocycles. The summed E-state index contributed by atoms with van der Waals surface area (Å²) in [6, 6.07) is 14.0. The monoisotopic (exact) mass is 290 g/mol. The third-order valence-corrected chi connectivity index (χ3v) is 6.01. The molecule has 22 heavy (non-hydrogen) atoms. The van der Waals surface area contributed by atoms with Gasteiger partial charge < -0.3 is 0 Å². The van der Waals surface area contributed by atoms with E-state index in [2.05, 4.69) is 50.2 Å². The SMILES string of the molecule is CCC1Cc2c(ccc3c2CCCC3CC)-c2ccccc21. The van der Waals surface area contributed by atoms with E-state index in [9.17, 15) is 0 Å². The Morgan fingerprint density at radius 3 is 2.45 bits per heavy atom. The van der Waals surface area contributed by atoms with Gasteiger partial charge in [-0.2, -0.15) is 0 Å². The van der Waals surface area contributed by atoms with Crippen molar-refractivity contribution in [3.8, 4) is 11.1 Å². The van der Waals surface area contributed by atoms with E-state index < -0.39 is 0 Å². The standard InChI is InChI=1S/C22H26/c1-3-15-8-7-11-20-18(15)12-13-21-19-10-6-5-9-17(19)16(4-2)14-22(20)21/h5-6,9-10,12-13,15-16H,3-4,7-8,11,14H2,1-2H3. The van der Waals surface area contributed by atoms with Crippen molar-refractivity contribution in [1.29, 1.82) is 0 Å². The lowest BCUT2D eigenvalue weighted by Gasteiger charge is -2.33. The van der Waals surface area contributed by atoms with E-state index in [1.807, 2.05) is 0 Å². The molecule has 0 bridgehead atoms. The van der Waals surface area contributed by atoms with Gasteiger partial charge in [0.2, 0.25) is 0 Å². The van der Waals surface area contributed by atoms with Crippen LogP contribution in [0, 0.1) is 0 Å². The van der Waals surface area contributed by atoms with Gasteiger partial charge in [0.25, 0.3) is 0 Å². The summed E-state index contributed by atoms with van der Waals surface area (Å²) < 4.78 is 0. The zero-order valence-electron chi connectivity index (χ0n) is 13.9. The molecule has 0 radical (unpaired) electrons. The third-order valence-electron chi connectivity index (χ3n) is 6.01. The summed E-state index contributed by atoms with van der Waals surface area (Å²) in [5.74, 6) is 1.50. The Kier molecular flexibility index (Phi) is 3.56. The topological polar surface area (TPSA) is 0 Å². The summed E-state index contributed by atoms with van der Waals surface area (Å²) in [6.45, 7) is 4.69. The van der Waals surface area contributed by atoms with Gasteiger partial charge in [-0.3, -0.25) is 0 Å². The molecule has 0 saturated heterocycles. The van der Waals surface area contributed by atoms with Crippen molar-refractivity contribution in [2.24, 2.45) is 0 Å². The molecule has 2 aliphatic carbocycles. The minimum Gasteiger partial charge on any atom is -0.0648 e. The minimum atomic E-state index is 0.706. The van der Waals surface area contributed by atoms with Gasteiger partial charge in [-0.1, -0.05) is 50.2 Å². The number of hydrogen-bond donors (Lipinski definition) is 0. The summed E-state index contributed by atoms with van der Waals surface area (Å²) in [7, 11) is 0. The maximum absolute atomic E-state index is 2.45. The Morgan fingerprint density at radius 1 is 0.818 bits per heavy atom. The quantitative estimate of drug-likeness (QED) is 0.614. The molecule has 0 heteroatoms. The van der Waals surface area contributed by atoms with Gasteiger partial charge in [0, 0.05) is 0 Å². The second-order valence-electron chi connectivity index (χ2n) is 7.05. The van der Waals surface area contributed by atoms with Crippen molar-refractivity contribution < 1.29 is 0 Å². The smallest absolute Gasteiger partial charge is 0.0118 e. The van der Waals surface area contributed by atoms with Gasteiger partial charge in [-0.25, -0.2) is 0 Å². The van der Waals surface area contributed by atoms with Crippen LogP contribution in [0.4, 0.5) is 0 Å². The number of rotatable bonds is 2. The van der Waals surface area contributed by atoms with Crippen LogP contribution in [0.2, 0.25) is 0 Å². The zero-order valence-corrected chi connectivity index (χ0v) is 13.9. The highest BCUT2D eigenvalue weighted by molar-refractivity contribution is 5.76. The lowest BCUT2D eigenvalue weighted by Crippen LogP contribution is -2.17. The van der Waals surface area contributed by atoms with Crippen LogP contribution in [-0.2, 0) is 12.8 Å². The summed E-state index contributed by atoms with van der Waals surface area (Å²) in [5.41, 5.74) is 9.65. The molecule has 0 aliphatic heterocycles. The molecule has 2 aliphatic rings. The summed E-state index contributed by atoms with van der Waals surface area (Å²) >= 11 is 0. The molecule has 2 unspecified atom stereocenters. The number of benzene rings is 2. The normalized spacial score (nSPS) is 22.6. The predicted molar refractivity (Wildman–Crippen MR) is 94.6 cm³/mol. The molecule has 2 aromatic rings. The number of hydrogen-bond acceptors (Lipinski definition) is 0. The average Bonchev–Trinajstić information content (AvgIpc) is 2.60. The highest BCUT2D eigenvalue weighted by atomic mass is 14.3. The molecule has 4 rings (SSSR count). The Morgan fingerprint density at radius 2 is 1.64 bits per heavy atom. The molecule has 0 N–H and O–H groups in total. The van der Waals surface area contributed by atoms with Crippen LogP contribution >= 0.6 is 0 Å². The molecule has 0 fully saturated rings. The Bertz CT molecular complexity index is 695. The molecule has 0 amide bonds. The van der Waals surface area contributed by atoms with E-state index in [0.29, 0.717) is 5.92 Å². The van der Waals surface area contributed by atoms with E-state index in [1.165, 1.54) is 49.7 Å². The molecule has 0 nitrogen and oxygen atoms in total. The Balaban J connectivity index is 1.92. The van der Waals surface area contributed by atoms with Crippen LogP contribution in [0.3, 0.4) is 0 Å². The minimum absolute atomic E-state index is 0.706. The Labute approximate surface area is 134 Å². The maximum atomic E-state index is 2.45. The van der Waals surface area contributed by atoms with Crippen molar-refractivity contribution >= 4 is 0 Å². The first-order valence-corrected chi connectivity index (χ1v) is 9.07. The lowest BCUT2D eigenvalue weighted by molar-refractivity contribution is 0.533. The highest BCUT2D eigenvalue weighted by Crippen LogP contribution is 2.46. The van der Waals surface area contributed by atoms with Gasteiger partial charge >= 0.3 is 0 Å². The highest BCUT2D eigenvalue weighted by Gasteiger charge is 2.29. The fourth-order valence-corrected chi connectivity index (χ4v) is 4.80. The first-order valence-electron chi connectivity index (χ1n) is 9.07. The maximum Gasteiger partial charge on any atom is -0.0118 e. The molecular weight excluding hydrogens is 264 g/mol. The van der Waals surface area contributed by atoms with Crippen molar-refractivity contribution in [2.45, 2.75) is 64.2 Å². The summed E-state index contributed by atoms with van der Waals surface area (Å²) in [4.78, 5) is 0. The average molecular weight is 290 g/mol. The predicted octanol–water partition coefficient (Wildman–Crippen LogP) is 6.23. The molecule has 2 aromatic carbocycles. The van der Waals surface area contributed by atoms with Gasteiger partial charge in [0.1, 0.15) is 0 Å². The molecule has 0 heterocycles. The summed E-state index contributed by atoms with van der Waals surface area (Å²) in [6.07, 6.45) is 7.85. The van der Waals surface area contributed by atoms with E-state index in [0.717, 1.165) is 5.92 Å². The van der Waals surface area contributed by atoms with Crippen LogP contribution < -0.4 is 0 Å².